The molecule has 3 heteroatoms. The van der Waals surface area contributed by atoms with E-state index in [2.05, 4.69) is 19.2 Å². The SMILES string of the molecule is CCCNC(C)c1ccc(-c2ccc(C)c(F)c2)o1. The van der Waals surface area contributed by atoms with E-state index in [0.29, 0.717) is 11.3 Å². The van der Waals surface area contributed by atoms with Crippen LogP contribution in [0.4, 0.5) is 4.39 Å². The highest BCUT2D eigenvalue weighted by atomic mass is 19.1. The number of nitrogens with one attached hydrogen (secondary N) is 1. The highest BCUT2D eigenvalue weighted by molar-refractivity contribution is 5.58. The van der Waals surface area contributed by atoms with Gasteiger partial charge in [0.1, 0.15) is 17.3 Å². The van der Waals surface area contributed by atoms with Gasteiger partial charge in [-0.2, -0.15) is 0 Å². The minimum atomic E-state index is -0.201. The van der Waals surface area contributed by atoms with E-state index in [0.717, 1.165) is 24.3 Å². The summed E-state index contributed by atoms with van der Waals surface area (Å²) in [4.78, 5) is 0. The van der Waals surface area contributed by atoms with Gasteiger partial charge in [-0.25, -0.2) is 4.39 Å². The maximum atomic E-state index is 13.5. The van der Waals surface area contributed by atoms with E-state index in [1.807, 2.05) is 18.2 Å². The van der Waals surface area contributed by atoms with E-state index < -0.39 is 0 Å². The van der Waals surface area contributed by atoms with Crippen molar-refractivity contribution in [3.63, 3.8) is 0 Å². The van der Waals surface area contributed by atoms with Crippen LogP contribution in [0.2, 0.25) is 0 Å². The first-order chi connectivity index (χ1) is 9.11. The lowest BCUT2D eigenvalue weighted by atomic mass is 10.1. The Labute approximate surface area is 113 Å². The number of hydrogen-bond acceptors (Lipinski definition) is 2. The molecule has 0 aliphatic carbocycles. The molecular formula is C16H20FNO. The molecule has 0 aliphatic rings. The van der Waals surface area contributed by atoms with E-state index in [1.54, 1.807) is 13.0 Å². The molecule has 0 saturated heterocycles. The summed E-state index contributed by atoms with van der Waals surface area (Å²) in [6.07, 6.45) is 1.08. The molecule has 0 radical (unpaired) electrons. The van der Waals surface area contributed by atoms with E-state index in [9.17, 15) is 4.39 Å². The van der Waals surface area contributed by atoms with Crippen molar-refractivity contribution in [3.05, 3.63) is 47.5 Å². The second kappa shape index (κ2) is 6.02. The van der Waals surface area contributed by atoms with E-state index in [-0.39, 0.29) is 11.9 Å². The smallest absolute Gasteiger partial charge is 0.134 e. The Kier molecular flexibility index (Phi) is 4.38. The Morgan fingerprint density at radius 1 is 1.26 bits per heavy atom. The fourth-order valence-corrected chi connectivity index (χ4v) is 1.95. The molecule has 2 nitrogen and oxygen atoms in total. The number of furan rings is 1. The quantitative estimate of drug-likeness (QED) is 0.860. The van der Waals surface area contributed by atoms with Gasteiger partial charge >= 0.3 is 0 Å². The monoisotopic (exact) mass is 261 g/mol. The van der Waals surface area contributed by atoms with Crippen molar-refractivity contribution in [2.45, 2.75) is 33.2 Å². The van der Waals surface area contributed by atoms with Gasteiger partial charge in [-0.1, -0.05) is 19.1 Å². The van der Waals surface area contributed by atoms with Gasteiger partial charge in [-0.15, -0.1) is 0 Å². The van der Waals surface area contributed by atoms with Crippen LogP contribution in [-0.4, -0.2) is 6.54 Å². The average molecular weight is 261 g/mol. The zero-order valence-electron chi connectivity index (χ0n) is 11.7. The summed E-state index contributed by atoms with van der Waals surface area (Å²) in [5.74, 6) is 1.39. The highest BCUT2D eigenvalue weighted by Gasteiger charge is 2.11. The first-order valence-electron chi connectivity index (χ1n) is 6.71. The van der Waals surface area contributed by atoms with Crippen LogP contribution in [0.1, 0.15) is 37.6 Å². The number of benzene rings is 1. The third-order valence-electron chi connectivity index (χ3n) is 3.21. The number of aryl methyl sites for hydroxylation is 1. The molecule has 1 N–H and O–H groups in total. The van der Waals surface area contributed by atoms with Crippen LogP contribution in [0.25, 0.3) is 11.3 Å². The number of rotatable bonds is 5. The fraction of sp³-hybridized carbons (Fsp3) is 0.375. The first kappa shape index (κ1) is 13.8. The predicted octanol–water partition coefficient (Wildman–Crippen LogP) is 4.45. The van der Waals surface area contributed by atoms with Gasteiger partial charge in [0.2, 0.25) is 0 Å². The van der Waals surface area contributed by atoms with Gasteiger partial charge < -0.3 is 9.73 Å². The molecule has 2 rings (SSSR count). The molecule has 1 aromatic heterocycles. The molecule has 0 amide bonds. The van der Waals surface area contributed by atoms with Crippen molar-refractivity contribution < 1.29 is 8.81 Å². The zero-order valence-corrected chi connectivity index (χ0v) is 11.7. The molecule has 1 atom stereocenters. The van der Waals surface area contributed by atoms with Crippen molar-refractivity contribution in [2.75, 3.05) is 6.54 Å². The van der Waals surface area contributed by atoms with Crippen molar-refractivity contribution in [1.29, 1.82) is 0 Å². The van der Waals surface area contributed by atoms with Crippen LogP contribution in [0.15, 0.2) is 34.7 Å². The lowest BCUT2D eigenvalue weighted by Gasteiger charge is -2.09. The lowest BCUT2D eigenvalue weighted by Crippen LogP contribution is -2.18. The predicted molar refractivity (Wildman–Crippen MR) is 75.5 cm³/mol. The number of hydrogen-bond donors (Lipinski definition) is 1. The van der Waals surface area contributed by atoms with Crippen LogP contribution < -0.4 is 5.32 Å². The molecule has 2 aromatic rings. The van der Waals surface area contributed by atoms with Gasteiger partial charge in [0.05, 0.1) is 6.04 Å². The van der Waals surface area contributed by atoms with Crippen molar-refractivity contribution in [2.24, 2.45) is 0 Å². The standard InChI is InChI=1S/C16H20FNO/c1-4-9-18-12(3)15-7-8-16(19-15)13-6-5-11(2)14(17)10-13/h5-8,10,12,18H,4,9H2,1-3H3. The molecule has 1 heterocycles. The maximum absolute atomic E-state index is 13.5. The summed E-state index contributed by atoms with van der Waals surface area (Å²) in [6.45, 7) is 6.90. The molecule has 0 fully saturated rings. The minimum Gasteiger partial charge on any atom is -0.459 e. The topological polar surface area (TPSA) is 25.2 Å². The third-order valence-corrected chi connectivity index (χ3v) is 3.21. The molecule has 0 saturated carbocycles. The highest BCUT2D eigenvalue weighted by Crippen LogP contribution is 2.26. The van der Waals surface area contributed by atoms with Gasteiger partial charge in [-0.3, -0.25) is 0 Å². The van der Waals surface area contributed by atoms with Crippen molar-refractivity contribution in [1.82, 2.24) is 5.32 Å². The zero-order chi connectivity index (χ0) is 13.8. The van der Waals surface area contributed by atoms with E-state index >= 15 is 0 Å². The van der Waals surface area contributed by atoms with E-state index in [4.69, 9.17) is 4.42 Å². The Hall–Kier alpha value is -1.61. The summed E-state index contributed by atoms with van der Waals surface area (Å²) < 4.78 is 19.3. The molecule has 0 aliphatic heterocycles. The minimum absolute atomic E-state index is 0.170. The van der Waals surface area contributed by atoms with Gasteiger partial charge in [0, 0.05) is 5.56 Å². The Balaban J connectivity index is 2.18. The van der Waals surface area contributed by atoms with Crippen LogP contribution in [0.5, 0.6) is 0 Å². The maximum Gasteiger partial charge on any atom is 0.134 e. The number of halogens is 1. The summed E-state index contributed by atoms with van der Waals surface area (Å²) in [7, 11) is 0. The van der Waals surface area contributed by atoms with E-state index in [1.165, 1.54) is 6.07 Å². The van der Waals surface area contributed by atoms with Gasteiger partial charge in [0.15, 0.2) is 0 Å². The Morgan fingerprint density at radius 3 is 2.74 bits per heavy atom. The third kappa shape index (κ3) is 3.24. The van der Waals surface area contributed by atoms with Gasteiger partial charge in [-0.05, 0) is 50.6 Å². The molecule has 0 bridgehead atoms. The average Bonchev–Trinajstić information content (AvgIpc) is 2.89. The molecule has 19 heavy (non-hydrogen) atoms. The van der Waals surface area contributed by atoms with Crippen molar-refractivity contribution in [3.8, 4) is 11.3 Å². The summed E-state index contributed by atoms with van der Waals surface area (Å²) in [5, 5.41) is 3.37. The summed E-state index contributed by atoms with van der Waals surface area (Å²) in [5.41, 5.74) is 1.42. The fourth-order valence-electron chi connectivity index (χ4n) is 1.95. The largest absolute Gasteiger partial charge is 0.459 e. The second-order valence-electron chi connectivity index (χ2n) is 4.84. The second-order valence-corrected chi connectivity index (χ2v) is 4.84. The summed E-state index contributed by atoms with van der Waals surface area (Å²) in [6, 6.07) is 9.17. The van der Waals surface area contributed by atoms with Crippen LogP contribution in [-0.2, 0) is 0 Å². The molecule has 1 aromatic carbocycles. The Morgan fingerprint density at radius 2 is 2.05 bits per heavy atom. The van der Waals surface area contributed by atoms with Crippen LogP contribution in [0.3, 0.4) is 0 Å². The molecule has 102 valence electrons. The lowest BCUT2D eigenvalue weighted by molar-refractivity contribution is 0.438. The molecule has 1 unspecified atom stereocenters. The Bertz CT molecular complexity index is 547. The normalized spacial score (nSPS) is 12.6. The van der Waals surface area contributed by atoms with Crippen LogP contribution >= 0.6 is 0 Å². The molecule has 0 spiro atoms. The first-order valence-corrected chi connectivity index (χ1v) is 6.71. The molecular weight excluding hydrogens is 241 g/mol. The van der Waals surface area contributed by atoms with Crippen LogP contribution in [0, 0.1) is 12.7 Å². The van der Waals surface area contributed by atoms with Gasteiger partial charge in [0.25, 0.3) is 0 Å². The summed E-state index contributed by atoms with van der Waals surface area (Å²) >= 11 is 0. The van der Waals surface area contributed by atoms with Crippen molar-refractivity contribution >= 4 is 0 Å².